The van der Waals surface area contributed by atoms with Crippen LogP contribution in [0.4, 0.5) is 0 Å². The lowest BCUT2D eigenvalue weighted by Crippen LogP contribution is -2.25. The highest BCUT2D eigenvalue weighted by Gasteiger charge is 2.30. The van der Waals surface area contributed by atoms with Gasteiger partial charge in [0, 0.05) is 0 Å². The molecule has 0 saturated carbocycles. The molecule has 0 aliphatic carbocycles. The molecule has 40 heavy (non-hydrogen) atoms. The standard InChI is InChI=1S/C36H54O4/c1-19(2)27-15-29(21(5)6)33(30(16-27)22(7)8)25(13)39-35(37)36(38)40-26(14)34-31(23(9)10)17-28(20(3)4)18-32(34)24(11)12/h15-26H,1-14H3/t25-,26-/m1/s1. The maximum atomic E-state index is 13.1. The minimum Gasteiger partial charge on any atom is -0.449 e. The van der Waals surface area contributed by atoms with Crippen molar-refractivity contribution in [1.82, 2.24) is 0 Å². The molecule has 222 valence electrons. The third kappa shape index (κ3) is 7.77. The molecule has 0 unspecified atom stereocenters. The van der Waals surface area contributed by atoms with E-state index in [1.807, 2.05) is 13.8 Å². The molecule has 2 aromatic rings. The molecule has 4 nitrogen and oxygen atoms in total. The molecule has 0 amide bonds. The van der Waals surface area contributed by atoms with Gasteiger partial charge in [-0.25, -0.2) is 9.59 Å². The van der Waals surface area contributed by atoms with E-state index in [4.69, 9.17) is 9.47 Å². The molecule has 0 fully saturated rings. The highest BCUT2D eigenvalue weighted by molar-refractivity contribution is 6.29. The minimum atomic E-state index is -0.951. The van der Waals surface area contributed by atoms with Crippen molar-refractivity contribution < 1.29 is 19.1 Å². The number of hydrogen-bond acceptors (Lipinski definition) is 4. The highest BCUT2D eigenvalue weighted by Crippen LogP contribution is 2.39. The summed E-state index contributed by atoms with van der Waals surface area (Å²) in [5.74, 6) is -0.137. The van der Waals surface area contributed by atoms with Gasteiger partial charge in [-0.15, -0.1) is 0 Å². The largest absolute Gasteiger partial charge is 0.449 e. The molecule has 0 spiro atoms. The first-order valence-electron chi connectivity index (χ1n) is 15.2. The molecule has 0 aromatic heterocycles. The number of rotatable bonds is 10. The van der Waals surface area contributed by atoms with E-state index in [0.717, 1.165) is 33.4 Å². The van der Waals surface area contributed by atoms with Gasteiger partial charge in [0.05, 0.1) is 0 Å². The van der Waals surface area contributed by atoms with Crippen LogP contribution < -0.4 is 0 Å². The van der Waals surface area contributed by atoms with E-state index in [1.54, 1.807) is 0 Å². The van der Waals surface area contributed by atoms with E-state index in [1.165, 1.54) is 11.1 Å². The van der Waals surface area contributed by atoms with Crippen molar-refractivity contribution >= 4 is 11.9 Å². The Kier molecular flexibility index (Phi) is 11.6. The van der Waals surface area contributed by atoms with Crippen LogP contribution in [0.5, 0.6) is 0 Å². The van der Waals surface area contributed by atoms with Crippen LogP contribution in [0.15, 0.2) is 24.3 Å². The quantitative estimate of drug-likeness (QED) is 0.218. The van der Waals surface area contributed by atoms with Crippen molar-refractivity contribution in [3.8, 4) is 0 Å². The van der Waals surface area contributed by atoms with Crippen LogP contribution in [0.2, 0.25) is 0 Å². The Morgan fingerprint density at radius 3 is 0.825 bits per heavy atom. The van der Waals surface area contributed by atoms with E-state index in [0.29, 0.717) is 11.8 Å². The fourth-order valence-electron chi connectivity index (χ4n) is 5.50. The van der Waals surface area contributed by atoms with E-state index in [2.05, 4.69) is 107 Å². The summed E-state index contributed by atoms with van der Waals surface area (Å²) in [6.45, 7) is 29.7. The van der Waals surface area contributed by atoms with Crippen LogP contribution in [0, 0.1) is 0 Å². The Bertz CT molecular complexity index is 1030. The third-order valence-corrected chi connectivity index (χ3v) is 7.90. The molecule has 2 aromatic carbocycles. The summed E-state index contributed by atoms with van der Waals surface area (Å²) in [4.78, 5) is 26.2. The lowest BCUT2D eigenvalue weighted by atomic mass is 9.82. The van der Waals surface area contributed by atoms with Gasteiger partial charge in [0.15, 0.2) is 0 Å². The van der Waals surface area contributed by atoms with Gasteiger partial charge >= 0.3 is 11.9 Å². The van der Waals surface area contributed by atoms with E-state index < -0.39 is 24.1 Å². The SMILES string of the molecule is CC(C)c1cc(C(C)C)c([C@@H](C)OC(=O)C(=O)O[C@H](C)c2c(C(C)C)cc(C(C)C)cc2C(C)C)c(C(C)C)c1. The summed E-state index contributed by atoms with van der Waals surface area (Å²) < 4.78 is 11.6. The van der Waals surface area contributed by atoms with Gasteiger partial charge in [-0.2, -0.15) is 0 Å². The topological polar surface area (TPSA) is 52.6 Å². The summed E-state index contributed by atoms with van der Waals surface area (Å²) in [6, 6.07) is 8.90. The van der Waals surface area contributed by atoms with Gasteiger partial charge in [-0.05, 0) is 93.9 Å². The molecular weight excluding hydrogens is 496 g/mol. The Labute approximate surface area is 244 Å². The second kappa shape index (κ2) is 13.8. The molecule has 0 N–H and O–H groups in total. The predicted molar refractivity (Wildman–Crippen MR) is 166 cm³/mol. The highest BCUT2D eigenvalue weighted by atomic mass is 16.6. The first kappa shape index (κ1) is 33.6. The summed E-state index contributed by atoms with van der Waals surface area (Å²) >= 11 is 0. The molecule has 0 saturated heterocycles. The number of carbonyl (C=O) groups is 2. The van der Waals surface area contributed by atoms with Gasteiger partial charge in [-0.3, -0.25) is 0 Å². The van der Waals surface area contributed by atoms with Crippen LogP contribution in [0.1, 0.15) is 189 Å². The summed E-state index contributed by atoms with van der Waals surface area (Å²) in [7, 11) is 0. The molecular formula is C36H54O4. The average molecular weight is 551 g/mol. The molecule has 2 rings (SSSR count). The second-order valence-corrected chi connectivity index (χ2v) is 13.2. The first-order valence-corrected chi connectivity index (χ1v) is 15.2. The fraction of sp³-hybridized carbons (Fsp3) is 0.611. The molecule has 0 radical (unpaired) electrons. The average Bonchev–Trinajstić information content (AvgIpc) is 2.86. The zero-order valence-corrected chi connectivity index (χ0v) is 27.6. The maximum absolute atomic E-state index is 13.1. The molecule has 0 aliphatic rings. The van der Waals surface area contributed by atoms with Gasteiger partial charge in [0.1, 0.15) is 12.2 Å². The monoisotopic (exact) mass is 550 g/mol. The summed E-state index contributed by atoms with van der Waals surface area (Å²) in [6.07, 6.45) is -1.15. The van der Waals surface area contributed by atoms with Gasteiger partial charge < -0.3 is 9.47 Å². The van der Waals surface area contributed by atoms with Gasteiger partial charge in [-0.1, -0.05) is 107 Å². The number of carbonyl (C=O) groups excluding carboxylic acids is 2. The van der Waals surface area contributed by atoms with Gasteiger partial charge in [0.2, 0.25) is 0 Å². The zero-order chi connectivity index (χ0) is 30.6. The zero-order valence-electron chi connectivity index (χ0n) is 27.6. The van der Waals surface area contributed by atoms with E-state index in [9.17, 15) is 9.59 Å². The normalized spacial score (nSPS) is 13.6. The minimum absolute atomic E-state index is 0.247. The van der Waals surface area contributed by atoms with Crippen LogP contribution in [0.3, 0.4) is 0 Å². The van der Waals surface area contributed by atoms with Crippen LogP contribution in [-0.2, 0) is 19.1 Å². The van der Waals surface area contributed by atoms with Crippen molar-refractivity contribution in [3.05, 3.63) is 68.8 Å². The molecule has 0 aliphatic heterocycles. The van der Waals surface area contributed by atoms with Crippen molar-refractivity contribution in [3.63, 3.8) is 0 Å². The smallest absolute Gasteiger partial charge is 0.418 e. The second-order valence-electron chi connectivity index (χ2n) is 13.2. The Morgan fingerprint density at radius 2 is 0.650 bits per heavy atom. The predicted octanol–water partition coefficient (Wildman–Crippen LogP) is 10.3. The maximum Gasteiger partial charge on any atom is 0.418 e. The molecule has 0 heterocycles. The van der Waals surface area contributed by atoms with Crippen LogP contribution in [0.25, 0.3) is 0 Å². The Balaban J connectivity index is 2.40. The fourth-order valence-corrected chi connectivity index (χ4v) is 5.50. The van der Waals surface area contributed by atoms with E-state index in [-0.39, 0.29) is 23.7 Å². The van der Waals surface area contributed by atoms with Crippen molar-refractivity contribution in [2.75, 3.05) is 0 Å². The summed E-state index contributed by atoms with van der Waals surface area (Å²) in [5, 5.41) is 0. The third-order valence-electron chi connectivity index (χ3n) is 7.90. The molecule has 2 atom stereocenters. The van der Waals surface area contributed by atoms with Crippen molar-refractivity contribution in [2.24, 2.45) is 0 Å². The number of ether oxygens (including phenoxy) is 2. The van der Waals surface area contributed by atoms with Crippen molar-refractivity contribution in [1.29, 1.82) is 0 Å². The molecule has 4 heteroatoms. The Morgan fingerprint density at radius 1 is 0.425 bits per heavy atom. The van der Waals surface area contributed by atoms with Crippen LogP contribution in [-0.4, -0.2) is 11.9 Å². The first-order chi connectivity index (χ1) is 18.5. The number of benzene rings is 2. The lowest BCUT2D eigenvalue weighted by molar-refractivity contribution is -0.173. The Hall–Kier alpha value is -2.62. The van der Waals surface area contributed by atoms with E-state index >= 15 is 0 Å². The lowest BCUT2D eigenvalue weighted by Gasteiger charge is -2.27. The number of esters is 2. The van der Waals surface area contributed by atoms with Crippen LogP contribution >= 0.6 is 0 Å². The number of hydrogen-bond donors (Lipinski definition) is 0. The summed E-state index contributed by atoms with van der Waals surface area (Å²) in [5.41, 5.74) is 9.17. The van der Waals surface area contributed by atoms with Gasteiger partial charge in [0.25, 0.3) is 0 Å². The van der Waals surface area contributed by atoms with Crippen molar-refractivity contribution in [2.45, 2.75) is 145 Å². The molecule has 0 bridgehead atoms.